The van der Waals surface area contributed by atoms with Crippen LogP contribution < -0.4 is 20.1 Å². The number of hydrogen-bond acceptors (Lipinski definition) is 7. The van der Waals surface area contributed by atoms with Crippen LogP contribution in [0.4, 0.5) is 0 Å². The second-order valence-electron chi connectivity index (χ2n) is 10.4. The highest BCUT2D eigenvalue weighted by Gasteiger charge is 2.32. The van der Waals surface area contributed by atoms with Crippen molar-refractivity contribution in [3.8, 4) is 11.5 Å². The maximum Gasteiger partial charge on any atom is 0.254 e. The molecule has 2 atom stereocenters. The quantitative estimate of drug-likeness (QED) is 0.308. The van der Waals surface area contributed by atoms with Crippen LogP contribution >= 0.6 is 0 Å². The highest BCUT2D eigenvalue weighted by molar-refractivity contribution is 5.95. The Morgan fingerprint density at radius 1 is 1.05 bits per heavy atom. The summed E-state index contributed by atoms with van der Waals surface area (Å²) in [6.45, 7) is 10.7. The van der Waals surface area contributed by atoms with E-state index in [4.69, 9.17) is 14.2 Å². The molecule has 1 heterocycles. The monoisotopic (exact) mass is 554 g/mol. The average molecular weight is 555 g/mol. The molecule has 9 heteroatoms. The summed E-state index contributed by atoms with van der Waals surface area (Å²) >= 11 is 0. The van der Waals surface area contributed by atoms with Crippen LogP contribution in [0.1, 0.15) is 43.1 Å². The van der Waals surface area contributed by atoms with Crippen LogP contribution in [0.2, 0.25) is 0 Å². The summed E-state index contributed by atoms with van der Waals surface area (Å²) in [5, 5.41) is 6.91. The third-order valence-electron chi connectivity index (χ3n) is 7.28. The molecule has 2 amide bonds. The minimum atomic E-state index is -0.0545. The summed E-state index contributed by atoms with van der Waals surface area (Å²) in [6.07, 6.45) is 0.740. The summed E-state index contributed by atoms with van der Waals surface area (Å²) in [7, 11) is 3.25. The van der Waals surface area contributed by atoms with Crippen molar-refractivity contribution in [2.24, 2.45) is 5.92 Å². The Kier molecular flexibility index (Phi) is 12.7. The standard InChI is InChI=1S/C31H46N4O5/c1-6-34(21-24-11-8-7-9-12-24)30(36)20-33-27-19-32-18-26(27)22-35(23(2)3)31(37)25-13-14-28(39-5)29(17-25)40-16-10-15-38-4/h7-9,11-14,17,23,26-27,32-33H,6,10,15-16,18-22H2,1-5H3/t26-,27+/m0/s1. The van der Waals surface area contributed by atoms with Crippen molar-refractivity contribution >= 4 is 11.8 Å². The molecule has 2 aromatic carbocycles. The first kappa shape index (κ1) is 31.4. The zero-order valence-electron chi connectivity index (χ0n) is 24.7. The lowest BCUT2D eigenvalue weighted by Gasteiger charge is -2.32. The highest BCUT2D eigenvalue weighted by atomic mass is 16.5. The van der Waals surface area contributed by atoms with Crippen LogP contribution in [0.25, 0.3) is 0 Å². The number of methoxy groups -OCH3 is 2. The number of likely N-dealkylation sites (N-methyl/N-ethyl adjacent to an activating group) is 1. The molecule has 1 aliphatic rings. The predicted molar refractivity (Wildman–Crippen MR) is 157 cm³/mol. The predicted octanol–water partition coefficient (Wildman–Crippen LogP) is 3.19. The third kappa shape index (κ3) is 8.94. The molecule has 0 spiro atoms. The van der Waals surface area contributed by atoms with Gasteiger partial charge in [0.2, 0.25) is 5.91 Å². The third-order valence-corrected chi connectivity index (χ3v) is 7.28. The van der Waals surface area contributed by atoms with Gasteiger partial charge in [-0.3, -0.25) is 9.59 Å². The van der Waals surface area contributed by atoms with Crippen molar-refractivity contribution in [1.82, 2.24) is 20.4 Å². The smallest absolute Gasteiger partial charge is 0.254 e. The molecule has 0 radical (unpaired) electrons. The lowest BCUT2D eigenvalue weighted by Crippen LogP contribution is -2.48. The molecule has 0 saturated carbocycles. The van der Waals surface area contributed by atoms with E-state index < -0.39 is 0 Å². The number of ether oxygens (including phenoxy) is 3. The molecule has 0 bridgehead atoms. The second kappa shape index (κ2) is 16.2. The minimum Gasteiger partial charge on any atom is -0.493 e. The summed E-state index contributed by atoms with van der Waals surface area (Å²) in [5.74, 6) is 1.33. The van der Waals surface area contributed by atoms with Gasteiger partial charge in [0.25, 0.3) is 5.91 Å². The topological polar surface area (TPSA) is 92.4 Å². The van der Waals surface area contributed by atoms with Gasteiger partial charge in [0.1, 0.15) is 0 Å². The van der Waals surface area contributed by atoms with Crippen molar-refractivity contribution in [1.29, 1.82) is 0 Å². The van der Waals surface area contributed by atoms with Gasteiger partial charge in [-0.15, -0.1) is 0 Å². The molecule has 1 saturated heterocycles. The molecule has 2 aromatic rings. The van der Waals surface area contributed by atoms with Crippen molar-refractivity contribution < 1.29 is 23.8 Å². The van der Waals surface area contributed by atoms with Crippen molar-refractivity contribution in [3.05, 3.63) is 59.7 Å². The first-order valence-corrected chi connectivity index (χ1v) is 14.2. The first-order valence-electron chi connectivity index (χ1n) is 14.2. The van der Waals surface area contributed by atoms with Crippen LogP contribution in [-0.4, -0.2) is 93.9 Å². The van der Waals surface area contributed by atoms with Crippen molar-refractivity contribution in [2.75, 3.05) is 60.2 Å². The number of benzene rings is 2. The Hall–Kier alpha value is -3.14. The normalized spacial score (nSPS) is 16.6. The first-order chi connectivity index (χ1) is 19.4. The maximum absolute atomic E-state index is 13.7. The lowest BCUT2D eigenvalue weighted by atomic mass is 10.0. The zero-order chi connectivity index (χ0) is 28.9. The number of hydrogen-bond donors (Lipinski definition) is 2. The van der Waals surface area contributed by atoms with Crippen LogP contribution in [0.15, 0.2) is 48.5 Å². The maximum atomic E-state index is 13.7. The van der Waals surface area contributed by atoms with E-state index in [1.54, 1.807) is 32.4 Å². The fourth-order valence-corrected chi connectivity index (χ4v) is 4.93. The Bertz CT molecular complexity index is 1060. The Morgan fingerprint density at radius 2 is 1.82 bits per heavy atom. The summed E-state index contributed by atoms with van der Waals surface area (Å²) < 4.78 is 16.4. The van der Waals surface area contributed by atoms with Gasteiger partial charge >= 0.3 is 0 Å². The van der Waals surface area contributed by atoms with Crippen LogP contribution in [0, 0.1) is 5.92 Å². The zero-order valence-corrected chi connectivity index (χ0v) is 24.7. The largest absolute Gasteiger partial charge is 0.493 e. The van der Waals surface area contributed by atoms with Gasteiger partial charge in [-0.05, 0) is 44.5 Å². The fourth-order valence-electron chi connectivity index (χ4n) is 4.93. The molecule has 0 unspecified atom stereocenters. The van der Waals surface area contributed by atoms with Crippen molar-refractivity contribution in [3.63, 3.8) is 0 Å². The van der Waals surface area contributed by atoms with E-state index in [0.717, 1.165) is 25.1 Å². The SMILES string of the molecule is CCN(Cc1ccccc1)C(=O)CN[C@@H]1CNC[C@H]1CN(C(=O)c1ccc(OC)c(OCCCOC)c1)C(C)C. The summed E-state index contributed by atoms with van der Waals surface area (Å²) in [4.78, 5) is 30.5. The molecule has 2 N–H and O–H groups in total. The number of carbonyl (C=O) groups excluding carboxylic acids is 2. The van der Waals surface area contributed by atoms with Crippen LogP contribution in [0.5, 0.6) is 11.5 Å². The van der Waals surface area contributed by atoms with E-state index in [2.05, 4.69) is 10.6 Å². The average Bonchev–Trinajstić information content (AvgIpc) is 3.42. The van der Waals surface area contributed by atoms with Gasteiger partial charge in [0.15, 0.2) is 11.5 Å². The number of nitrogens with one attached hydrogen (secondary N) is 2. The number of nitrogens with zero attached hydrogens (tertiary/aromatic N) is 2. The van der Waals surface area contributed by atoms with Gasteiger partial charge < -0.3 is 34.6 Å². The molecule has 9 nitrogen and oxygen atoms in total. The summed E-state index contributed by atoms with van der Waals surface area (Å²) in [6, 6.07) is 15.5. The van der Waals surface area contributed by atoms with Gasteiger partial charge in [0.05, 0.1) is 20.3 Å². The van der Waals surface area contributed by atoms with E-state index in [-0.39, 0.29) is 36.4 Å². The Morgan fingerprint density at radius 3 is 2.50 bits per heavy atom. The molecule has 40 heavy (non-hydrogen) atoms. The molecule has 0 aromatic heterocycles. The number of carbonyl (C=O) groups is 2. The molecule has 220 valence electrons. The molecular weight excluding hydrogens is 508 g/mol. The van der Waals surface area contributed by atoms with Crippen LogP contribution in [-0.2, 0) is 16.1 Å². The van der Waals surface area contributed by atoms with E-state index in [9.17, 15) is 9.59 Å². The molecule has 3 rings (SSSR count). The second-order valence-corrected chi connectivity index (χ2v) is 10.4. The van der Waals surface area contributed by atoms with Gasteiger partial charge in [-0.25, -0.2) is 0 Å². The fraction of sp³-hybridized carbons (Fsp3) is 0.548. The molecule has 1 aliphatic heterocycles. The van der Waals surface area contributed by atoms with E-state index in [1.165, 1.54) is 0 Å². The lowest BCUT2D eigenvalue weighted by molar-refractivity contribution is -0.130. The van der Waals surface area contributed by atoms with Gasteiger partial charge in [-0.2, -0.15) is 0 Å². The highest BCUT2D eigenvalue weighted by Crippen LogP contribution is 2.29. The number of amides is 2. The number of rotatable bonds is 16. The van der Waals surface area contributed by atoms with E-state index in [1.807, 2.05) is 60.9 Å². The molecule has 1 fully saturated rings. The van der Waals surface area contributed by atoms with Gasteiger partial charge in [0, 0.05) is 76.4 Å². The van der Waals surface area contributed by atoms with Crippen LogP contribution in [0.3, 0.4) is 0 Å². The summed E-state index contributed by atoms with van der Waals surface area (Å²) in [5.41, 5.74) is 1.67. The molecule has 0 aliphatic carbocycles. The van der Waals surface area contributed by atoms with E-state index >= 15 is 0 Å². The minimum absolute atomic E-state index is 0.00464. The molecular formula is C31H46N4O5. The van der Waals surface area contributed by atoms with E-state index in [0.29, 0.717) is 49.9 Å². The Labute approximate surface area is 239 Å². The van der Waals surface area contributed by atoms with Crippen molar-refractivity contribution in [2.45, 2.75) is 45.8 Å². The Balaban J connectivity index is 1.62. The van der Waals surface area contributed by atoms with Gasteiger partial charge in [-0.1, -0.05) is 30.3 Å².